The lowest BCUT2D eigenvalue weighted by atomic mass is 10.1. The van der Waals surface area contributed by atoms with E-state index in [1.165, 1.54) is 11.1 Å². The zero-order chi connectivity index (χ0) is 12.8. The maximum absolute atomic E-state index is 8.79. The number of hydrogen-bond acceptors (Lipinski definition) is 3. The van der Waals surface area contributed by atoms with E-state index >= 15 is 0 Å². The Bertz CT molecular complexity index is 404. The van der Waals surface area contributed by atoms with Gasteiger partial charge in [0.05, 0.1) is 11.6 Å². The van der Waals surface area contributed by atoms with E-state index in [0.29, 0.717) is 6.04 Å². The Morgan fingerprint density at radius 3 is 2.65 bits per heavy atom. The highest BCUT2D eigenvalue weighted by Crippen LogP contribution is 2.10. The fourth-order valence-corrected chi connectivity index (χ4v) is 1.56. The summed E-state index contributed by atoms with van der Waals surface area (Å²) >= 11 is 0. The Hall–Kier alpha value is -1.37. The summed E-state index contributed by atoms with van der Waals surface area (Å²) in [4.78, 5) is 2.19. The Kier molecular flexibility index (Phi) is 5.14. The Balaban J connectivity index is 2.50. The quantitative estimate of drug-likeness (QED) is 0.841. The molecule has 1 N–H and O–H groups in total. The first kappa shape index (κ1) is 13.7. The fraction of sp³-hybridized carbons (Fsp3) is 0.500. The fourth-order valence-electron chi connectivity index (χ4n) is 1.56. The number of likely N-dealkylation sites (N-methyl/N-ethyl adjacent to an activating group) is 1. The zero-order valence-electron chi connectivity index (χ0n) is 11.1. The molecule has 0 aliphatic heterocycles. The van der Waals surface area contributed by atoms with E-state index in [9.17, 15) is 0 Å². The van der Waals surface area contributed by atoms with Gasteiger partial charge in [-0.05, 0) is 51.2 Å². The average Bonchev–Trinajstić information content (AvgIpc) is 2.30. The minimum atomic E-state index is 0.522. The molecule has 0 aliphatic rings. The van der Waals surface area contributed by atoms with E-state index in [0.717, 1.165) is 18.7 Å². The molecule has 0 aliphatic carbocycles. The Morgan fingerprint density at radius 1 is 1.41 bits per heavy atom. The number of nitriles is 1. The number of aryl methyl sites for hydroxylation is 1. The summed E-state index contributed by atoms with van der Waals surface area (Å²) in [5, 5.41) is 12.2. The minimum absolute atomic E-state index is 0.522. The minimum Gasteiger partial charge on any atom is -0.311 e. The van der Waals surface area contributed by atoms with Crippen LogP contribution >= 0.6 is 0 Å². The van der Waals surface area contributed by atoms with Gasteiger partial charge in [-0.25, -0.2) is 0 Å². The summed E-state index contributed by atoms with van der Waals surface area (Å²) in [6.45, 7) is 6.06. The molecule has 1 unspecified atom stereocenters. The largest absolute Gasteiger partial charge is 0.311 e. The van der Waals surface area contributed by atoms with Gasteiger partial charge in [-0.3, -0.25) is 0 Å². The second kappa shape index (κ2) is 6.39. The number of nitrogens with one attached hydrogen (secondary N) is 1. The van der Waals surface area contributed by atoms with Gasteiger partial charge in [0, 0.05) is 19.1 Å². The molecule has 0 radical (unpaired) electrons. The van der Waals surface area contributed by atoms with Crippen LogP contribution in [0.2, 0.25) is 0 Å². The van der Waals surface area contributed by atoms with E-state index in [1.807, 2.05) is 25.1 Å². The summed E-state index contributed by atoms with van der Waals surface area (Å²) in [5.74, 6) is 0. The van der Waals surface area contributed by atoms with Crippen LogP contribution in [0.4, 0.5) is 0 Å². The molecular formula is C14H21N3. The predicted octanol–water partition coefficient (Wildman–Crippen LogP) is 1.91. The zero-order valence-corrected chi connectivity index (χ0v) is 11.1. The van der Waals surface area contributed by atoms with Gasteiger partial charge in [0.1, 0.15) is 0 Å². The van der Waals surface area contributed by atoms with Crippen molar-refractivity contribution in [3.8, 4) is 6.07 Å². The van der Waals surface area contributed by atoms with Crippen LogP contribution in [0.1, 0.15) is 23.6 Å². The van der Waals surface area contributed by atoms with Crippen LogP contribution in [0.3, 0.4) is 0 Å². The normalized spacial score (nSPS) is 12.5. The molecule has 0 spiro atoms. The van der Waals surface area contributed by atoms with Gasteiger partial charge in [0.15, 0.2) is 0 Å². The van der Waals surface area contributed by atoms with Gasteiger partial charge in [-0.15, -0.1) is 0 Å². The molecule has 17 heavy (non-hydrogen) atoms. The molecule has 0 bridgehead atoms. The SMILES string of the molecule is Cc1cc(C#N)ccc1CNCC(C)N(C)C. The van der Waals surface area contributed by atoms with Crippen molar-refractivity contribution < 1.29 is 0 Å². The van der Waals surface area contributed by atoms with Gasteiger partial charge < -0.3 is 10.2 Å². The van der Waals surface area contributed by atoms with Crippen LogP contribution < -0.4 is 5.32 Å². The van der Waals surface area contributed by atoms with Crippen LogP contribution in [0.5, 0.6) is 0 Å². The third-order valence-electron chi connectivity index (χ3n) is 3.11. The second-order valence-electron chi connectivity index (χ2n) is 4.70. The van der Waals surface area contributed by atoms with E-state index in [4.69, 9.17) is 5.26 Å². The highest BCUT2D eigenvalue weighted by atomic mass is 15.1. The number of rotatable bonds is 5. The Labute approximate surface area is 104 Å². The Morgan fingerprint density at radius 2 is 2.12 bits per heavy atom. The van der Waals surface area contributed by atoms with Gasteiger partial charge in [-0.1, -0.05) is 6.07 Å². The number of nitrogens with zero attached hydrogens (tertiary/aromatic N) is 2. The van der Waals surface area contributed by atoms with Gasteiger partial charge >= 0.3 is 0 Å². The van der Waals surface area contributed by atoms with Crippen LogP contribution in [0.15, 0.2) is 18.2 Å². The van der Waals surface area contributed by atoms with Gasteiger partial charge in [-0.2, -0.15) is 5.26 Å². The van der Waals surface area contributed by atoms with Crippen LogP contribution in [-0.2, 0) is 6.54 Å². The summed E-state index contributed by atoms with van der Waals surface area (Å²) < 4.78 is 0. The molecule has 0 saturated heterocycles. The lowest BCUT2D eigenvalue weighted by Crippen LogP contribution is -2.35. The molecule has 3 heteroatoms. The first-order valence-corrected chi connectivity index (χ1v) is 5.91. The standard InChI is InChI=1S/C14H21N3/c1-11-7-13(8-15)5-6-14(11)10-16-9-12(2)17(3)4/h5-7,12,16H,9-10H2,1-4H3. The summed E-state index contributed by atoms with van der Waals surface area (Å²) in [5.41, 5.74) is 3.16. The highest BCUT2D eigenvalue weighted by molar-refractivity contribution is 5.37. The van der Waals surface area contributed by atoms with Crippen LogP contribution in [-0.4, -0.2) is 31.6 Å². The molecule has 0 aromatic heterocycles. The van der Waals surface area contributed by atoms with Crippen molar-refractivity contribution in [3.63, 3.8) is 0 Å². The van der Waals surface area contributed by atoms with Crippen molar-refractivity contribution in [3.05, 3.63) is 34.9 Å². The van der Waals surface area contributed by atoms with Crippen LogP contribution in [0.25, 0.3) is 0 Å². The summed E-state index contributed by atoms with van der Waals surface area (Å²) in [7, 11) is 4.17. The molecule has 3 nitrogen and oxygen atoms in total. The maximum atomic E-state index is 8.79. The summed E-state index contributed by atoms with van der Waals surface area (Å²) in [6, 6.07) is 8.52. The average molecular weight is 231 g/mol. The van der Waals surface area contributed by atoms with E-state index < -0.39 is 0 Å². The smallest absolute Gasteiger partial charge is 0.0991 e. The van der Waals surface area contributed by atoms with E-state index in [1.54, 1.807) is 0 Å². The third kappa shape index (κ3) is 4.18. The first-order chi connectivity index (χ1) is 8.04. The highest BCUT2D eigenvalue weighted by Gasteiger charge is 2.04. The molecule has 1 rings (SSSR count). The molecule has 92 valence electrons. The van der Waals surface area contributed by atoms with Crippen molar-refractivity contribution in [2.75, 3.05) is 20.6 Å². The predicted molar refractivity (Wildman–Crippen MR) is 70.7 cm³/mol. The molecule has 1 aromatic rings. The molecule has 0 saturated carbocycles. The van der Waals surface area contributed by atoms with Crippen molar-refractivity contribution >= 4 is 0 Å². The first-order valence-electron chi connectivity index (χ1n) is 5.91. The molecule has 0 amide bonds. The van der Waals surface area contributed by atoms with Crippen molar-refractivity contribution in [1.82, 2.24) is 10.2 Å². The maximum Gasteiger partial charge on any atom is 0.0991 e. The van der Waals surface area contributed by atoms with Crippen molar-refractivity contribution in [1.29, 1.82) is 5.26 Å². The summed E-state index contributed by atoms with van der Waals surface area (Å²) in [6.07, 6.45) is 0. The van der Waals surface area contributed by atoms with Gasteiger partial charge in [0.25, 0.3) is 0 Å². The lowest BCUT2D eigenvalue weighted by Gasteiger charge is -2.20. The number of benzene rings is 1. The van der Waals surface area contributed by atoms with Crippen LogP contribution in [0, 0.1) is 18.3 Å². The number of hydrogen-bond donors (Lipinski definition) is 1. The van der Waals surface area contributed by atoms with Crippen molar-refractivity contribution in [2.45, 2.75) is 26.4 Å². The molecule has 0 fully saturated rings. The molecule has 1 atom stereocenters. The van der Waals surface area contributed by atoms with E-state index in [2.05, 4.69) is 37.3 Å². The third-order valence-corrected chi connectivity index (χ3v) is 3.11. The molecule has 1 aromatic carbocycles. The lowest BCUT2D eigenvalue weighted by molar-refractivity contribution is 0.302. The van der Waals surface area contributed by atoms with Gasteiger partial charge in [0.2, 0.25) is 0 Å². The monoisotopic (exact) mass is 231 g/mol. The topological polar surface area (TPSA) is 39.1 Å². The van der Waals surface area contributed by atoms with E-state index in [-0.39, 0.29) is 0 Å². The second-order valence-corrected chi connectivity index (χ2v) is 4.70. The molecule has 0 heterocycles. The van der Waals surface area contributed by atoms with Crippen molar-refractivity contribution in [2.24, 2.45) is 0 Å². The molecular weight excluding hydrogens is 210 g/mol.